The van der Waals surface area contributed by atoms with Crippen LogP contribution in [0.5, 0.6) is 0 Å². The molecule has 0 saturated heterocycles. The van der Waals surface area contributed by atoms with Crippen molar-refractivity contribution in [2.75, 3.05) is 31.2 Å². The monoisotopic (exact) mass is 239 g/mol. The van der Waals surface area contributed by atoms with E-state index in [9.17, 15) is 4.79 Å². The van der Waals surface area contributed by atoms with Crippen LogP contribution in [0, 0.1) is 0 Å². The van der Waals surface area contributed by atoms with E-state index in [4.69, 9.17) is 10.2 Å². The van der Waals surface area contributed by atoms with Crippen molar-refractivity contribution in [2.24, 2.45) is 0 Å². The maximum absolute atomic E-state index is 12.1. The fraction of sp³-hybridized carbons (Fsp3) is 0.636. The predicted molar refractivity (Wildman–Crippen MR) is 63.2 cm³/mol. The minimum atomic E-state index is -0.142. The SMILES string of the molecule is O=c1c(N(CCO)CCO)nccn1C1CC1. The summed E-state index contributed by atoms with van der Waals surface area (Å²) in [6.45, 7) is 0.466. The third-order valence-electron chi connectivity index (χ3n) is 2.83. The summed E-state index contributed by atoms with van der Waals surface area (Å²) >= 11 is 0. The third-order valence-corrected chi connectivity index (χ3v) is 2.83. The Kier molecular flexibility index (Phi) is 3.75. The van der Waals surface area contributed by atoms with Crippen LogP contribution in [0.4, 0.5) is 5.82 Å². The van der Waals surface area contributed by atoms with Crippen molar-refractivity contribution in [3.05, 3.63) is 22.7 Å². The van der Waals surface area contributed by atoms with E-state index in [1.54, 1.807) is 21.9 Å². The molecule has 94 valence electrons. The Morgan fingerprint density at radius 1 is 1.35 bits per heavy atom. The average Bonchev–Trinajstić information content (AvgIpc) is 3.13. The summed E-state index contributed by atoms with van der Waals surface area (Å²) in [6.07, 6.45) is 5.35. The van der Waals surface area contributed by atoms with E-state index in [0.29, 0.717) is 24.9 Å². The highest BCUT2D eigenvalue weighted by atomic mass is 16.3. The molecule has 0 spiro atoms. The van der Waals surface area contributed by atoms with Gasteiger partial charge in [0.1, 0.15) is 0 Å². The summed E-state index contributed by atoms with van der Waals surface area (Å²) < 4.78 is 1.68. The topological polar surface area (TPSA) is 78.6 Å². The fourth-order valence-corrected chi connectivity index (χ4v) is 1.84. The average molecular weight is 239 g/mol. The molecule has 1 aliphatic carbocycles. The Balaban J connectivity index is 2.28. The Bertz CT molecular complexity index is 422. The highest BCUT2D eigenvalue weighted by Gasteiger charge is 2.26. The normalized spacial score (nSPS) is 14.9. The lowest BCUT2D eigenvalue weighted by atomic mass is 10.4. The molecule has 0 atom stereocenters. The number of aliphatic hydroxyl groups is 2. The Hall–Kier alpha value is -1.40. The molecule has 2 N–H and O–H groups in total. The smallest absolute Gasteiger partial charge is 0.293 e. The summed E-state index contributed by atoms with van der Waals surface area (Å²) in [5, 5.41) is 17.9. The molecule has 1 heterocycles. The maximum Gasteiger partial charge on any atom is 0.293 e. The van der Waals surface area contributed by atoms with Crippen molar-refractivity contribution in [3.8, 4) is 0 Å². The highest BCUT2D eigenvalue weighted by Crippen LogP contribution is 2.33. The summed E-state index contributed by atoms with van der Waals surface area (Å²) in [4.78, 5) is 17.8. The molecule has 6 heteroatoms. The van der Waals surface area contributed by atoms with Crippen LogP contribution in [0.2, 0.25) is 0 Å². The first-order chi connectivity index (χ1) is 8.27. The zero-order chi connectivity index (χ0) is 12.3. The molecule has 6 nitrogen and oxygen atoms in total. The maximum atomic E-state index is 12.1. The fourth-order valence-electron chi connectivity index (χ4n) is 1.84. The summed E-state index contributed by atoms with van der Waals surface area (Å²) in [7, 11) is 0. The van der Waals surface area contributed by atoms with Gasteiger partial charge in [-0.1, -0.05) is 0 Å². The summed E-state index contributed by atoms with van der Waals surface area (Å²) in [5.74, 6) is 0.308. The first kappa shape index (κ1) is 12.1. The lowest BCUT2D eigenvalue weighted by Gasteiger charge is -2.21. The highest BCUT2D eigenvalue weighted by molar-refractivity contribution is 5.35. The Morgan fingerprint density at radius 2 is 2.00 bits per heavy atom. The number of anilines is 1. The first-order valence-corrected chi connectivity index (χ1v) is 5.81. The van der Waals surface area contributed by atoms with E-state index in [-0.39, 0.29) is 18.8 Å². The van der Waals surface area contributed by atoms with E-state index in [0.717, 1.165) is 12.8 Å². The second-order valence-corrected chi connectivity index (χ2v) is 4.13. The zero-order valence-electron chi connectivity index (χ0n) is 9.62. The van der Waals surface area contributed by atoms with Gasteiger partial charge < -0.3 is 19.7 Å². The van der Waals surface area contributed by atoms with Crippen LogP contribution in [-0.4, -0.2) is 46.1 Å². The molecule has 0 bridgehead atoms. The van der Waals surface area contributed by atoms with Gasteiger partial charge in [0.15, 0.2) is 5.82 Å². The molecular formula is C11H17N3O3. The Morgan fingerprint density at radius 3 is 2.53 bits per heavy atom. The molecule has 0 amide bonds. The molecule has 0 unspecified atom stereocenters. The molecule has 0 aliphatic heterocycles. The summed E-state index contributed by atoms with van der Waals surface area (Å²) in [5.41, 5.74) is -0.142. The summed E-state index contributed by atoms with van der Waals surface area (Å²) in [6, 6.07) is 0.300. The molecular weight excluding hydrogens is 222 g/mol. The number of aromatic nitrogens is 2. The largest absolute Gasteiger partial charge is 0.395 e. The van der Waals surface area contributed by atoms with Crippen LogP contribution in [0.25, 0.3) is 0 Å². The van der Waals surface area contributed by atoms with E-state index < -0.39 is 0 Å². The van der Waals surface area contributed by atoms with Gasteiger partial charge in [0.05, 0.1) is 13.2 Å². The van der Waals surface area contributed by atoms with Gasteiger partial charge in [-0.15, -0.1) is 0 Å². The zero-order valence-corrected chi connectivity index (χ0v) is 9.62. The van der Waals surface area contributed by atoms with Crippen LogP contribution >= 0.6 is 0 Å². The van der Waals surface area contributed by atoms with Crippen molar-refractivity contribution >= 4 is 5.82 Å². The first-order valence-electron chi connectivity index (χ1n) is 5.81. The van der Waals surface area contributed by atoms with Crippen molar-refractivity contribution in [1.29, 1.82) is 0 Å². The van der Waals surface area contributed by atoms with Crippen molar-refractivity contribution in [3.63, 3.8) is 0 Å². The molecule has 0 aromatic carbocycles. The molecule has 1 aromatic heterocycles. The number of aliphatic hydroxyl groups excluding tert-OH is 2. The number of nitrogens with zero attached hydrogens (tertiary/aromatic N) is 3. The number of rotatable bonds is 6. The number of hydrogen-bond acceptors (Lipinski definition) is 5. The van der Waals surface area contributed by atoms with Gasteiger partial charge in [-0.2, -0.15) is 0 Å². The second-order valence-electron chi connectivity index (χ2n) is 4.13. The lowest BCUT2D eigenvalue weighted by molar-refractivity contribution is 0.280. The van der Waals surface area contributed by atoms with Gasteiger partial charge in [-0.05, 0) is 12.8 Å². The van der Waals surface area contributed by atoms with Crippen molar-refractivity contribution in [2.45, 2.75) is 18.9 Å². The predicted octanol–water partition coefficient (Wildman–Crippen LogP) is -0.631. The van der Waals surface area contributed by atoms with Crippen LogP contribution in [0.3, 0.4) is 0 Å². The van der Waals surface area contributed by atoms with Gasteiger partial charge in [-0.3, -0.25) is 4.79 Å². The molecule has 1 aliphatic rings. The van der Waals surface area contributed by atoms with Crippen LogP contribution in [0.15, 0.2) is 17.2 Å². The Labute approximate surface area is 99.1 Å². The van der Waals surface area contributed by atoms with Crippen LogP contribution in [-0.2, 0) is 0 Å². The lowest BCUT2D eigenvalue weighted by Crippen LogP contribution is -2.36. The van der Waals surface area contributed by atoms with Crippen molar-refractivity contribution in [1.82, 2.24) is 9.55 Å². The minimum Gasteiger partial charge on any atom is -0.395 e. The van der Waals surface area contributed by atoms with Gasteiger partial charge in [-0.25, -0.2) is 4.98 Å². The van der Waals surface area contributed by atoms with Gasteiger partial charge in [0.25, 0.3) is 5.56 Å². The van der Waals surface area contributed by atoms with Gasteiger partial charge >= 0.3 is 0 Å². The molecule has 1 saturated carbocycles. The van der Waals surface area contributed by atoms with Gasteiger partial charge in [0, 0.05) is 31.5 Å². The van der Waals surface area contributed by atoms with Crippen LogP contribution < -0.4 is 10.5 Å². The van der Waals surface area contributed by atoms with E-state index in [2.05, 4.69) is 4.98 Å². The standard InChI is InChI=1S/C11H17N3O3/c15-7-5-13(6-8-16)10-11(17)14(4-3-12-10)9-1-2-9/h3-4,9,15-16H,1-2,5-8H2. The number of hydrogen-bond donors (Lipinski definition) is 2. The second kappa shape index (κ2) is 5.29. The van der Waals surface area contributed by atoms with E-state index in [1.165, 1.54) is 0 Å². The molecule has 1 fully saturated rings. The molecule has 0 radical (unpaired) electrons. The molecule has 17 heavy (non-hydrogen) atoms. The van der Waals surface area contributed by atoms with Crippen molar-refractivity contribution < 1.29 is 10.2 Å². The van der Waals surface area contributed by atoms with E-state index in [1.807, 2.05) is 0 Å². The molecule has 1 aromatic rings. The van der Waals surface area contributed by atoms with E-state index >= 15 is 0 Å². The third kappa shape index (κ3) is 2.65. The quantitative estimate of drug-likeness (QED) is 0.691. The van der Waals surface area contributed by atoms with Crippen LogP contribution in [0.1, 0.15) is 18.9 Å². The molecule has 2 rings (SSSR count). The van der Waals surface area contributed by atoms with Gasteiger partial charge in [0.2, 0.25) is 0 Å². The minimum absolute atomic E-state index is 0.0700.